The van der Waals surface area contributed by atoms with Gasteiger partial charge < -0.3 is 5.32 Å². The Bertz CT molecular complexity index is 765. The zero-order valence-corrected chi connectivity index (χ0v) is 11.2. The summed E-state index contributed by atoms with van der Waals surface area (Å²) < 4.78 is 15.8. The van der Waals surface area contributed by atoms with Crippen molar-refractivity contribution in [1.82, 2.24) is 14.8 Å². The van der Waals surface area contributed by atoms with Gasteiger partial charge in [0, 0.05) is 23.3 Å². The number of halogens is 1. The summed E-state index contributed by atoms with van der Waals surface area (Å²) in [6.45, 7) is 0. The van der Waals surface area contributed by atoms with Gasteiger partial charge in [-0.3, -0.25) is 4.79 Å². The van der Waals surface area contributed by atoms with Crippen LogP contribution in [-0.2, 0) is 4.79 Å². The zero-order chi connectivity index (χ0) is 14.4. The van der Waals surface area contributed by atoms with Gasteiger partial charge in [-0.1, -0.05) is 18.2 Å². The Hall–Kier alpha value is -2.50. The highest BCUT2D eigenvalue weighted by Gasteiger charge is 2.37. The van der Waals surface area contributed by atoms with Crippen molar-refractivity contribution >= 4 is 11.7 Å². The lowest BCUT2D eigenvalue weighted by molar-refractivity contribution is -0.116. The van der Waals surface area contributed by atoms with Crippen molar-refractivity contribution in [2.75, 3.05) is 5.32 Å². The van der Waals surface area contributed by atoms with Gasteiger partial charge in [-0.25, -0.2) is 9.07 Å². The van der Waals surface area contributed by atoms with Crippen LogP contribution in [0, 0.1) is 5.82 Å². The number of allylic oxidation sites excluding steroid dienone is 2. The van der Waals surface area contributed by atoms with Crippen LogP contribution < -0.4 is 5.32 Å². The second-order valence-corrected chi connectivity index (χ2v) is 5.25. The van der Waals surface area contributed by atoms with Gasteiger partial charge in [-0.2, -0.15) is 10.1 Å². The molecule has 21 heavy (non-hydrogen) atoms. The highest BCUT2D eigenvalue weighted by molar-refractivity contribution is 5.99. The number of carbonyl (C=O) groups is 1. The van der Waals surface area contributed by atoms with E-state index in [9.17, 15) is 9.18 Å². The molecule has 1 N–H and O–H groups in total. The molecule has 1 atom stereocenters. The van der Waals surface area contributed by atoms with Crippen LogP contribution in [0.4, 0.5) is 10.3 Å². The molecule has 0 spiro atoms. The fraction of sp³-hybridized carbons (Fsp3) is 0.267. The largest absolute Gasteiger partial charge is 0.328 e. The molecule has 0 radical (unpaired) electrons. The maximum absolute atomic E-state index is 14.2. The van der Waals surface area contributed by atoms with E-state index in [-0.39, 0.29) is 11.6 Å². The van der Waals surface area contributed by atoms with Crippen molar-refractivity contribution in [3.8, 4) is 0 Å². The Morgan fingerprint density at radius 2 is 2.14 bits per heavy atom. The molecule has 0 saturated heterocycles. The number of fused-ring (bicyclic) bond motifs is 1. The molecule has 1 aromatic carbocycles. The van der Waals surface area contributed by atoms with Crippen molar-refractivity contribution in [2.45, 2.75) is 25.3 Å². The molecule has 1 aliphatic heterocycles. The first-order valence-corrected chi connectivity index (χ1v) is 6.93. The molecule has 5 nitrogen and oxygen atoms in total. The second kappa shape index (κ2) is 4.51. The first kappa shape index (κ1) is 12.3. The van der Waals surface area contributed by atoms with E-state index in [0.29, 0.717) is 23.5 Å². The molecule has 2 heterocycles. The summed E-state index contributed by atoms with van der Waals surface area (Å²) in [5.41, 5.74) is 1.91. The van der Waals surface area contributed by atoms with E-state index in [0.717, 1.165) is 18.5 Å². The minimum absolute atomic E-state index is 0.0538. The number of rotatable bonds is 1. The molecule has 0 fully saturated rings. The Morgan fingerprint density at radius 1 is 1.29 bits per heavy atom. The first-order valence-electron chi connectivity index (χ1n) is 6.93. The van der Waals surface area contributed by atoms with Crippen LogP contribution in [0.15, 0.2) is 41.9 Å². The summed E-state index contributed by atoms with van der Waals surface area (Å²) >= 11 is 0. The number of Topliss-reactive ketones (excluding diaryl/α,β-unsaturated/α-hetero) is 1. The molecular weight excluding hydrogens is 271 g/mol. The summed E-state index contributed by atoms with van der Waals surface area (Å²) in [6.07, 6.45) is 3.50. The number of nitrogens with zero attached hydrogens (tertiary/aromatic N) is 3. The van der Waals surface area contributed by atoms with Crippen LogP contribution in [0.5, 0.6) is 0 Å². The van der Waals surface area contributed by atoms with Crippen LogP contribution in [0.25, 0.3) is 0 Å². The van der Waals surface area contributed by atoms with Gasteiger partial charge in [0.15, 0.2) is 5.78 Å². The maximum Gasteiger partial charge on any atom is 0.226 e. The molecule has 4 rings (SSSR count). The van der Waals surface area contributed by atoms with Gasteiger partial charge >= 0.3 is 0 Å². The average molecular weight is 284 g/mol. The third-order valence-corrected chi connectivity index (χ3v) is 4.01. The third kappa shape index (κ3) is 1.79. The van der Waals surface area contributed by atoms with Crippen molar-refractivity contribution in [1.29, 1.82) is 0 Å². The van der Waals surface area contributed by atoms with Crippen molar-refractivity contribution in [3.63, 3.8) is 0 Å². The Balaban J connectivity index is 1.96. The average Bonchev–Trinajstić information content (AvgIpc) is 2.94. The van der Waals surface area contributed by atoms with E-state index in [2.05, 4.69) is 15.4 Å². The Labute approximate surface area is 120 Å². The van der Waals surface area contributed by atoms with Crippen LogP contribution in [0.3, 0.4) is 0 Å². The van der Waals surface area contributed by atoms with Gasteiger partial charge in [0.2, 0.25) is 5.95 Å². The van der Waals surface area contributed by atoms with E-state index in [4.69, 9.17) is 0 Å². The van der Waals surface area contributed by atoms with Gasteiger partial charge in [0.1, 0.15) is 18.2 Å². The maximum atomic E-state index is 14.2. The van der Waals surface area contributed by atoms with Crippen molar-refractivity contribution in [3.05, 3.63) is 53.2 Å². The van der Waals surface area contributed by atoms with Gasteiger partial charge in [0.05, 0.1) is 0 Å². The molecule has 1 aliphatic carbocycles. The summed E-state index contributed by atoms with van der Waals surface area (Å²) in [4.78, 5) is 16.5. The lowest BCUT2D eigenvalue weighted by Crippen LogP contribution is -2.32. The molecule has 6 heteroatoms. The number of benzene rings is 1. The number of hydrogen-bond acceptors (Lipinski definition) is 4. The SMILES string of the molecule is O=C1CCCC2=C1C(c1ccccc1F)n1ncnc1N2. The molecule has 2 aliphatic rings. The van der Waals surface area contributed by atoms with E-state index >= 15 is 0 Å². The van der Waals surface area contributed by atoms with Gasteiger partial charge in [-0.05, 0) is 18.9 Å². The molecular formula is C15H13FN4O. The van der Waals surface area contributed by atoms with Crippen LogP contribution in [0.1, 0.15) is 30.9 Å². The number of aromatic nitrogens is 3. The summed E-state index contributed by atoms with van der Waals surface area (Å²) in [5, 5.41) is 7.33. The predicted octanol–water partition coefficient (Wildman–Crippen LogP) is 2.44. The molecule has 1 aromatic heterocycles. The zero-order valence-electron chi connectivity index (χ0n) is 11.2. The molecule has 0 saturated carbocycles. The lowest BCUT2D eigenvalue weighted by Gasteiger charge is -2.32. The van der Waals surface area contributed by atoms with Crippen LogP contribution in [0.2, 0.25) is 0 Å². The quantitative estimate of drug-likeness (QED) is 0.873. The summed E-state index contributed by atoms with van der Waals surface area (Å²) in [7, 11) is 0. The predicted molar refractivity (Wildman–Crippen MR) is 74.1 cm³/mol. The van der Waals surface area contributed by atoms with Crippen molar-refractivity contribution in [2.24, 2.45) is 0 Å². The molecule has 1 unspecified atom stereocenters. The fourth-order valence-corrected chi connectivity index (χ4v) is 3.08. The van der Waals surface area contributed by atoms with Gasteiger partial charge in [-0.15, -0.1) is 0 Å². The Morgan fingerprint density at radius 3 is 3.00 bits per heavy atom. The van der Waals surface area contributed by atoms with Crippen LogP contribution in [-0.4, -0.2) is 20.5 Å². The third-order valence-electron chi connectivity index (χ3n) is 4.01. The second-order valence-electron chi connectivity index (χ2n) is 5.25. The monoisotopic (exact) mass is 284 g/mol. The number of nitrogens with one attached hydrogen (secondary N) is 1. The highest BCUT2D eigenvalue weighted by Crippen LogP contribution is 2.40. The number of carbonyl (C=O) groups excluding carboxylic acids is 1. The highest BCUT2D eigenvalue weighted by atomic mass is 19.1. The molecule has 0 amide bonds. The van der Waals surface area contributed by atoms with Gasteiger partial charge in [0.25, 0.3) is 0 Å². The standard InChI is InChI=1S/C15H13FN4O/c16-10-5-2-1-4-9(10)14-13-11(6-3-7-12(13)21)19-15-17-8-18-20(14)15/h1-2,4-5,8,14H,3,6-7H2,(H,17,18,19). The number of anilines is 1. The van der Waals surface area contributed by atoms with Crippen molar-refractivity contribution < 1.29 is 9.18 Å². The van der Waals surface area contributed by atoms with E-state index in [1.807, 2.05) is 0 Å². The Kier molecular flexibility index (Phi) is 2.63. The summed E-state index contributed by atoms with van der Waals surface area (Å²) in [6, 6.07) is 5.97. The minimum atomic E-state index is -0.534. The number of hydrogen-bond donors (Lipinski definition) is 1. The van der Waals surface area contributed by atoms with Crippen LogP contribution >= 0.6 is 0 Å². The van der Waals surface area contributed by atoms with E-state index in [1.54, 1.807) is 22.9 Å². The topological polar surface area (TPSA) is 59.8 Å². The lowest BCUT2D eigenvalue weighted by atomic mass is 9.85. The summed E-state index contributed by atoms with van der Waals surface area (Å²) in [5.74, 6) is 0.269. The fourth-order valence-electron chi connectivity index (χ4n) is 3.08. The molecule has 0 bridgehead atoms. The minimum Gasteiger partial charge on any atom is -0.328 e. The van der Waals surface area contributed by atoms with E-state index < -0.39 is 6.04 Å². The first-order chi connectivity index (χ1) is 10.3. The smallest absolute Gasteiger partial charge is 0.226 e. The normalized spacial score (nSPS) is 20.8. The molecule has 2 aromatic rings. The van der Waals surface area contributed by atoms with E-state index in [1.165, 1.54) is 12.4 Å². The number of ketones is 1. The molecule has 106 valence electrons.